The van der Waals surface area contributed by atoms with Gasteiger partial charge in [-0.25, -0.2) is 27.9 Å². The Bertz CT molecular complexity index is 1770. The number of carbonyl (C=O) groups is 1. The second kappa shape index (κ2) is 13.1. The van der Waals surface area contributed by atoms with Crippen molar-refractivity contribution in [3.05, 3.63) is 112 Å². The maximum absolute atomic E-state index is 15.0. The number of carboxylic acids is 1. The number of pyridine rings is 1. The first-order chi connectivity index (χ1) is 20.7. The van der Waals surface area contributed by atoms with Crippen molar-refractivity contribution >= 4 is 17.0 Å². The van der Waals surface area contributed by atoms with Crippen LogP contribution < -0.4 is 4.74 Å². The molecule has 0 amide bonds. The minimum Gasteiger partial charge on any atom is -0.478 e. The van der Waals surface area contributed by atoms with E-state index in [1.807, 2.05) is 0 Å². The van der Waals surface area contributed by atoms with E-state index in [0.29, 0.717) is 28.5 Å². The number of H-pyrrole nitrogens is 1. The topological polar surface area (TPSA) is 97.3 Å². The summed E-state index contributed by atoms with van der Waals surface area (Å²) in [7, 11) is 1.78. The number of methoxy groups -OCH3 is 1. The molecular formula is C33H30F3N3O4. The van der Waals surface area contributed by atoms with Crippen LogP contribution in [0.2, 0.25) is 0 Å². The molecule has 1 aliphatic rings. The van der Waals surface area contributed by atoms with Crippen molar-refractivity contribution in [3.8, 4) is 17.1 Å². The van der Waals surface area contributed by atoms with Gasteiger partial charge in [0.15, 0.2) is 0 Å². The number of aromatic nitrogens is 3. The summed E-state index contributed by atoms with van der Waals surface area (Å²) >= 11 is 0. The van der Waals surface area contributed by atoms with Gasteiger partial charge in [0.2, 0.25) is 5.88 Å². The van der Waals surface area contributed by atoms with Crippen LogP contribution in [0.25, 0.3) is 22.3 Å². The highest BCUT2D eigenvalue weighted by Crippen LogP contribution is 2.27. The van der Waals surface area contributed by atoms with Crippen LogP contribution in [0.4, 0.5) is 13.2 Å². The highest BCUT2D eigenvalue weighted by Gasteiger charge is 2.17. The van der Waals surface area contributed by atoms with Crippen LogP contribution in [-0.4, -0.2) is 39.2 Å². The molecule has 0 spiro atoms. The SMILES string of the molecule is COC1CCC1.Cc1ccc(COc2cccc(-c3cc(F)c(Cc4nc5ccc(C(=O)O)cc5[nH]4)cc3F)n2)c(F)c1. The Morgan fingerprint density at radius 2 is 1.74 bits per heavy atom. The molecule has 0 saturated heterocycles. The largest absolute Gasteiger partial charge is 0.478 e. The fourth-order valence-electron chi connectivity index (χ4n) is 4.55. The zero-order valence-electron chi connectivity index (χ0n) is 23.7. The molecule has 2 aromatic heterocycles. The number of halogens is 3. The van der Waals surface area contributed by atoms with Crippen LogP contribution in [0.1, 0.15) is 52.1 Å². The Morgan fingerprint density at radius 3 is 2.42 bits per heavy atom. The second-order valence-electron chi connectivity index (χ2n) is 10.4. The van der Waals surface area contributed by atoms with E-state index in [1.165, 1.54) is 43.5 Å². The summed E-state index contributed by atoms with van der Waals surface area (Å²) in [4.78, 5) is 22.7. The summed E-state index contributed by atoms with van der Waals surface area (Å²) in [5.41, 5.74) is 2.41. The highest BCUT2D eigenvalue weighted by molar-refractivity contribution is 5.92. The van der Waals surface area contributed by atoms with E-state index in [9.17, 15) is 13.6 Å². The predicted molar refractivity (Wildman–Crippen MR) is 156 cm³/mol. The number of hydrogen-bond donors (Lipinski definition) is 2. The molecule has 7 nitrogen and oxygen atoms in total. The Labute approximate surface area is 246 Å². The maximum atomic E-state index is 15.0. The van der Waals surface area contributed by atoms with Crippen LogP contribution in [-0.2, 0) is 17.8 Å². The first-order valence-corrected chi connectivity index (χ1v) is 13.8. The highest BCUT2D eigenvalue weighted by atomic mass is 19.1. The first kappa shape index (κ1) is 29.8. The molecule has 1 saturated carbocycles. The molecule has 0 aliphatic heterocycles. The number of nitrogens with one attached hydrogen (secondary N) is 1. The molecule has 0 radical (unpaired) electrons. The van der Waals surface area contributed by atoms with E-state index in [4.69, 9.17) is 14.6 Å². The van der Waals surface area contributed by atoms with Gasteiger partial charge in [-0.05, 0) is 79.8 Å². The predicted octanol–water partition coefficient (Wildman–Crippen LogP) is 7.40. The molecule has 1 aliphatic carbocycles. The van der Waals surface area contributed by atoms with Crippen LogP contribution in [0.15, 0.2) is 66.7 Å². The number of carboxylic acid groups (broad SMARTS) is 1. The van der Waals surface area contributed by atoms with Gasteiger partial charge in [-0.15, -0.1) is 0 Å². The number of rotatable bonds is 8. The minimum absolute atomic E-state index is 0.0290. The fraction of sp³-hybridized carbons (Fsp3) is 0.242. The van der Waals surface area contributed by atoms with Crippen LogP contribution in [0.3, 0.4) is 0 Å². The van der Waals surface area contributed by atoms with Gasteiger partial charge < -0.3 is 19.6 Å². The Morgan fingerprint density at radius 1 is 0.953 bits per heavy atom. The van der Waals surface area contributed by atoms with Gasteiger partial charge in [-0.1, -0.05) is 18.2 Å². The third-order valence-corrected chi connectivity index (χ3v) is 7.24. The molecule has 222 valence electrons. The number of imidazole rings is 1. The van der Waals surface area contributed by atoms with Gasteiger partial charge in [-0.3, -0.25) is 0 Å². The smallest absolute Gasteiger partial charge is 0.335 e. The van der Waals surface area contributed by atoms with E-state index < -0.39 is 23.4 Å². The lowest BCUT2D eigenvalue weighted by atomic mass is 9.96. The van der Waals surface area contributed by atoms with Crippen molar-refractivity contribution in [1.29, 1.82) is 0 Å². The molecule has 43 heavy (non-hydrogen) atoms. The lowest BCUT2D eigenvalue weighted by Gasteiger charge is -2.22. The molecule has 0 unspecified atom stereocenters. The summed E-state index contributed by atoms with van der Waals surface area (Å²) in [6.45, 7) is 1.72. The summed E-state index contributed by atoms with van der Waals surface area (Å²) < 4.78 is 54.7. The summed E-state index contributed by atoms with van der Waals surface area (Å²) in [5.74, 6) is -2.31. The molecule has 5 aromatic rings. The number of aromatic carboxylic acids is 1. The molecule has 10 heteroatoms. The Kier molecular flexibility index (Phi) is 9.06. The molecule has 0 bridgehead atoms. The van der Waals surface area contributed by atoms with Gasteiger partial charge in [0, 0.05) is 30.7 Å². The number of aromatic amines is 1. The average molecular weight is 590 g/mol. The molecule has 3 aromatic carbocycles. The molecule has 2 heterocycles. The monoisotopic (exact) mass is 589 g/mol. The standard InChI is InChI=1S/C28H20F3N3O3.C5H10O/c1-15-5-6-17(20(29)9-15)14-37-27-4-2-3-23(34-27)19-13-21(30)18(10-22(19)31)12-26-32-24-8-7-16(28(35)36)11-25(24)33-26;1-6-5-3-2-4-5/h2-11,13H,12,14H2,1H3,(H,32,33)(H,35,36);5H,2-4H2,1H3. The normalized spacial score (nSPS) is 12.9. The summed E-state index contributed by atoms with van der Waals surface area (Å²) in [6, 6.07) is 16.0. The van der Waals surface area contributed by atoms with Gasteiger partial charge in [-0.2, -0.15) is 0 Å². The molecule has 0 atom stereocenters. The summed E-state index contributed by atoms with van der Waals surface area (Å²) in [5, 5.41) is 9.14. The van der Waals surface area contributed by atoms with Gasteiger partial charge in [0.25, 0.3) is 0 Å². The Balaban J connectivity index is 0.000000548. The van der Waals surface area contributed by atoms with Crippen molar-refractivity contribution in [2.24, 2.45) is 0 Å². The fourth-order valence-corrected chi connectivity index (χ4v) is 4.55. The van der Waals surface area contributed by atoms with E-state index in [0.717, 1.165) is 17.7 Å². The van der Waals surface area contributed by atoms with E-state index in [2.05, 4.69) is 15.0 Å². The molecule has 6 rings (SSSR count). The van der Waals surface area contributed by atoms with Crippen molar-refractivity contribution in [3.63, 3.8) is 0 Å². The lowest BCUT2D eigenvalue weighted by molar-refractivity contribution is 0.0412. The zero-order chi connectivity index (χ0) is 30.5. The van der Waals surface area contributed by atoms with Gasteiger partial charge >= 0.3 is 5.97 Å². The Hall–Kier alpha value is -4.70. The van der Waals surface area contributed by atoms with Crippen molar-refractivity contribution < 1.29 is 32.5 Å². The van der Waals surface area contributed by atoms with E-state index in [-0.39, 0.29) is 41.3 Å². The number of ether oxygens (including phenoxy) is 2. The molecule has 1 fully saturated rings. The minimum atomic E-state index is -1.08. The van der Waals surface area contributed by atoms with Gasteiger partial charge in [0.05, 0.1) is 28.4 Å². The summed E-state index contributed by atoms with van der Waals surface area (Å²) in [6.07, 6.45) is 4.54. The molecule has 2 N–H and O–H groups in total. The van der Waals surface area contributed by atoms with Crippen LogP contribution in [0.5, 0.6) is 5.88 Å². The van der Waals surface area contributed by atoms with Crippen molar-refractivity contribution in [2.75, 3.05) is 7.11 Å². The second-order valence-corrected chi connectivity index (χ2v) is 10.4. The zero-order valence-corrected chi connectivity index (χ0v) is 23.7. The average Bonchev–Trinajstić information content (AvgIpc) is 3.36. The van der Waals surface area contributed by atoms with Crippen LogP contribution in [0, 0.1) is 24.4 Å². The van der Waals surface area contributed by atoms with Crippen molar-refractivity contribution in [2.45, 2.75) is 45.3 Å². The van der Waals surface area contributed by atoms with Crippen molar-refractivity contribution in [1.82, 2.24) is 15.0 Å². The first-order valence-electron chi connectivity index (χ1n) is 13.8. The lowest BCUT2D eigenvalue weighted by Crippen LogP contribution is -2.18. The number of fused-ring (bicyclic) bond motifs is 1. The number of aryl methyl sites for hydroxylation is 1. The van der Waals surface area contributed by atoms with E-state index >= 15 is 4.39 Å². The van der Waals surface area contributed by atoms with Gasteiger partial charge in [0.1, 0.15) is 29.9 Å². The third-order valence-electron chi connectivity index (χ3n) is 7.24. The quantitative estimate of drug-likeness (QED) is 0.196. The number of hydrogen-bond acceptors (Lipinski definition) is 5. The number of benzene rings is 3. The van der Waals surface area contributed by atoms with E-state index in [1.54, 1.807) is 44.4 Å². The third kappa shape index (κ3) is 7.21. The maximum Gasteiger partial charge on any atom is 0.335 e. The number of nitrogens with zero attached hydrogens (tertiary/aromatic N) is 2. The molecular weight excluding hydrogens is 559 g/mol. The van der Waals surface area contributed by atoms with Crippen LogP contribution >= 0.6 is 0 Å².